The van der Waals surface area contributed by atoms with Gasteiger partial charge in [0.15, 0.2) is 0 Å². The average Bonchev–Trinajstić information content (AvgIpc) is 2.66. The van der Waals surface area contributed by atoms with Gasteiger partial charge in [0, 0.05) is 6.61 Å². The molecule has 0 aliphatic rings. The van der Waals surface area contributed by atoms with E-state index in [1.165, 1.54) is 96.3 Å². The van der Waals surface area contributed by atoms with Gasteiger partial charge in [-0.1, -0.05) is 103 Å². The summed E-state index contributed by atoms with van der Waals surface area (Å²) in [5, 5.41) is 8.72. The highest BCUT2D eigenvalue weighted by Gasteiger charge is 1.98. The summed E-state index contributed by atoms with van der Waals surface area (Å²) >= 11 is 0. The predicted octanol–water partition coefficient (Wildman–Crippen LogP) is 5.50. The maximum atomic E-state index is 10.8. The summed E-state index contributed by atoms with van der Waals surface area (Å²) in [6.45, 7) is 0.875. The van der Waals surface area contributed by atoms with Gasteiger partial charge in [0.2, 0.25) is 0 Å². The number of ether oxygens (including phenoxy) is 1. The van der Waals surface area contributed by atoms with Gasteiger partial charge >= 0.3 is 5.97 Å². The quantitative estimate of drug-likeness (QED) is 0.206. The van der Waals surface area contributed by atoms with E-state index in [1.54, 1.807) is 0 Å². The van der Waals surface area contributed by atoms with Gasteiger partial charge in [-0.2, -0.15) is 0 Å². The molecule has 0 atom stereocenters. The van der Waals surface area contributed by atoms with Crippen LogP contribution in [0.3, 0.4) is 0 Å². The van der Waals surface area contributed by atoms with Gasteiger partial charge in [-0.25, -0.2) is 0 Å². The molecule has 0 aromatic heterocycles. The Labute approximate surface area is 162 Å². The lowest BCUT2D eigenvalue weighted by Crippen LogP contribution is -2.17. The number of aliphatic hydroxyl groups excluding tert-OH is 1. The lowest BCUT2D eigenvalue weighted by molar-refractivity contribution is -0.142. The average molecular weight is 372 g/mol. The Morgan fingerprint density at radius 2 is 0.885 bits per heavy atom. The van der Waals surface area contributed by atoms with Crippen LogP contribution in [-0.2, 0) is 9.53 Å². The Kier molecular flexibility index (Phi) is 21.9. The number of unbranched alkanes of at least 4 members (excludes halogenated alkanes) is 17. The largest absolute Gasteiger partial charge is 0.465 e. The number of nitrogens with two attached hydrogens (primary N) is 1. The number of aliphatic hydroxyl groups is 1. The number of carbonyl (C=O) groups is 1. The molecule has 26 heavy (non-hydrogen) atoms. The first kappa shape index (κ1) is 25.4. The Morgan fingerprint density at radius 1 is 0.577 bits per heavy atom. The van der Waals surface area contributed by atoms with Crippen molar-refractivity contribution in [3.63, 3.8) is 0 Å². The van der Waals surface area contributed by atoms with Crippen molar-refractivity contribution in [1.29, 1.82) is 0 Å². The Hall–Kier alpha value is -0.610. The second-order valence-electron chi connectivity index (χ2n) is 7.51. The second-order valence-corrected chi connectivity index (χ2v) is 7.51. The molecule has 4 nitrogen and oxygen atoms in total. The van der Waals surface area contributed by atoms with Gasteiger partial charge in [-0.05, 0) is 12.8 Å². The molecule has 0 aromatic rings. The van der Waals surface area contributed by atoms with E-state index in [1.807, 2.05) is 0 Å². The molecule has 0 spiro atoms. The van der Waals surface area contributed by atoms with Crippen LogP contribution in [0.4, 0.5) is 0 Å². The summed E-state index contributed by atoms with van der Waals surface area (Å²) < 4.78 is 4.95. The predicted molar refractivity (Wildman–Crippen MR) is 110 cm³/mol. The third kappa shape index (κ3) is 21.4. The van der Waals surface area contributed by atoms with Crippen LogP contribution in [0.1, 0.15) is 116 Å². The summed E-state index contributed by atoms with van der Waals surface area (Å²) in [5.74, 6) is -0.292. The van der Waals surface area contributed by atoms with E-state index < -0.39 is 0 Å². The minimum absolute atomic E-state index is 0.00781. The molecule has 0 heterocycles. The fraction of sp³-hybridized carbons (Fsp3) is 0.955. The van der Waals surface area contributed by atoms with E-state index in [2.05, 4.69) is 0 Å². The van der Waals surface area contributed by atoms with Crippen molar-refractivity contribution in [3.05, 3.63) is 0 Å². The van der Waals surface area contributed by atoms with Crippen LogP contribution < -0.4 is 5.73 Å². The standard InChI is InChI=1S/C22H45NO3/c23-21-22(25)26-20-18-16-14-12-10-8-6-4-2-1-3-5-7-9-11-13-15-17-19-24/h24H,1-21,23H2. The molecular formula is C22H45NO3. The van der Waals surface area contributed by atoms with Crippen molar-refractivity contribution in [2.75, 3.05) is 19.8 Å². The molecule has 0 aromatic carbocycles. The van der Waals surface area contributed by atoms with Crippen molar-refractivity contribution in [2.45, 2.75) is 116 Å². The topological polar surface area (TPSA) is 72.6 Å². The monoisotopic (exact) mass is 371 g/mol. The van der Waals surface area contributed by atoms with E-state index >= 15 is 0 Å². The smallest absolute Gasteiger partial charge is 0.319 e. The normalized spacial score (nSPS) is 11.0. The summed E-state index contributed by atoms with van der Waals surface area (Å²) in [6.07, 6.45) is 23.4. The minimum atomic E-state index is -0.292. The van der Waals surface area contributed by atoms with Crippen molar-refractivity contribution in [2.24, 2.45) is 5.73 Å². The first-order valence-corrected chi connectivity index (χ1v) is 11.3. The molecule has 156 valence electrons. The van der Waals surface area contributed by atoms with Crippen LogP contribution in [0.5, 0.6) is 0 Å². The van der Waals surface area contributed by atoms with Crippen LogP contribution in [0.25, 0.3) is 0 Å². The lowest BCUT2D eigenvalue weighted by Gasteiger charge is -2.04. The van der Waals surface area contributed by atoms with Gasteiger partial charge in [0.05, 0.1) is 13.2 Å². The third-order valence-electron chi connectivity index (χ3n) is 4.98. The maximum Gasteiger partial charge on any atom is 0.319 e. The molecule has 0 unspecified atom stereocenters. The van der Waals surface area contributed by atoms with E-state index in [-0.39, 0.29) is 12.5 Å². The number of rotatable bonds is 21. The van der Waals surface area contributed by atoms with E-state index in [9.17, 15) is 4.79 Å². The van der Waals surface area contributed by atoms with Gasteiger partial charge in [0.25, 0.3) is 0 Å². The molecule has 0 aliphatic carbocycles. The van der Waals surface area contributed by atoms with Crippen LogP contribution >= 0.6 is 0 Å². The van der Waals surface area contributed by atoms with Gasteiger partial charge in [-0.15, -0.1) is 0 Å². The Balaban J connectivity index is 3.00. The van der Waals surface area contributed by atoms with E-state index in [4.69, 9.17) is 15.6 Å². The fourth-order valence-corrected chi connectivity index (χ4v) is 3.29. The van der Waals surface area contributed by atoms with Gasteiger partial charge in [0.1, 0.15) is 0 Å². The van der Waals surface area contributed by atoms with Crippen LogP contribution in [0, 0.1) is 0 Å². The summed E-state index contributed by atoms with van der Waals surface area (Å²) in [6, 6.07) is 0. The molecule has 0 saturated carbocycles. The number of hydrogen-bond donors (Lipinski definition) is 2. The number of hydrogen-bond acceptors (Lipinski definition) is 4. The molecule has 4 heteroatoms. The molecular weight excluding hydrogens is 326 g/mol. The zero-order valence-electron chi connectivity index (χ0n) is 17.2. The molecule has 0 aliphatic heterocycles. The zero-order valence-corrected chi connectivity index (χ0v) is 17.2. The Morgan fingerprint density at radius 3 is 1.19 bits per heavy atom. The Bertz CT molecular complexity index is 285. The third-order valence-corrected chi connectivity index (χ3v) is 4.98. The second kappa shape index (κ2) is 22.4. The van der Waals surface area contributed by atoms with E-state index in [0.29, 0.717) is 13.2 Å². The molecule has 0 amide bonds. The first-order valence-electron chi connectivity index (χ1n) is 11.3. The SMILES string of the molecule is NCC(=O)OCCCCCCCCCCCCCCCCCCCCO. The number of carbonyl (C=O) groups excluding carboxylic acids is 1. The van der Waals surface area contributed by atoms with Gasteiger partial charge < -0.3 is 15.6 Å². The van der Waals surface area contributed by atoms with Gasteiger partial charge in [-0.3, -0.25) is 4.79 Å². The fourth-order valence-electron chi connectivity index (χ4n) is 3.29. The summed E-state index contributed by atoms with van der Waals surface area (Å²) in [5.41, 5.74) is 5.18. The van der Waals surface area contributed by atoms with Crippen molar-refractivity contribution in [3.8, 4) is 0 Å². The molecule has 0 bridgehead atoms. The number of esters is 1. The van der Waals surface area contributed by atoms with Crippen molar-refractivity contribution < 1.29 is 14.6 Å². The lowest BCUT2D eigenvalue weighted by atomic mass is 10.0. The maximum absolute atomic E-state index is 10.8. The summed E-state index contributed by atoms with van der Waals surface area (Å²) in [4.78, 5) is 10.8. The molecule has 0 saturated heterocycles. The van der Waals surface area contributed by atoms with Crippen LogP contribution in [0.2, 0.25) is 0 Å². The van der Waals surface area contributed by atoms with Crippen molar-refractivity contribution in [1.82, 2.24) is 0 Å². The van der Waals surface area contributed by atoms with Crippen molar-refractivity contribution >= 4 is 5.97 Å². The van der Waals surface area contributed by atoms with Crippen LogP contribution in [0.15, 0.2) is 0 Å². The zero-order chi connectivity index (χ0) is 19.1. The molecule has 0 rings (SSSR count). The molecule has 3 N–H and O–H groups in total. The molecule has 0 fully saturated rings. The highest BCUT2D eigenvalue weighted by atomic mass is 16.5. The highest BCUT2D eigenvalue weighted by Crippen LogP contribution is 2.14. The van der Waals surface area contributed by atoms with Crippen LogP contribution in [-0.4, -0.2) is 30.8 Å². The summed E-state index contributed by atoms with van der Waals surface area (Å²) in [7, 11) is 0. The minimum Gasteiger partial charge on any atom is -0.465 e. The first-order chi connectivity index (χ1) is 12.8. The highest BCUT2D eigenvalue weighted by molar-refractivity contribution is 5.71. The molecule has 0 radical (unpaired) electrons. The van der Waals surface area contributed by atoms with E-state index in [0.717, 1.165) is 19.3 Å².